The van der Waals surface area contributed by atoms with E-state index < -0.39 is 0 Å². The van der Waals surface area contributed by atoms with Gasteiger partial charge in [-0.3, -0.25) is 4.79 Å². The Hall–Kier alpha value is -1.35. The molecule has 0 aliphatic heterocycles. The monoisotopic (exact) mass is 248 g/mol. The molecule has 1 aromatic rings. The van der Waals surface area contributed by atoms with Crippen LogP contribution in [0.5, 0.6) is 0 Å². The molecule has 2 N–H and O–H groups in total. The number of carbonyl (C=O) groups is 1. The Morgan fingerprint density at radius 3 is 2.67 bits per heavy atom. The van der Waals surface area contributed by atoms with Gasteiger partial charge in [-0.05, 0) is 39.2 Å². The van der Waals surface area contributed by atoms with Crippen molar-refractivity contribution in [2.75, 3.05) is 7.05 Å². The standard InChI is InChI=1S/C15H24N2O/c1-11-6-5-7-14(10-11)9-8-12(2)17-13(3)15(18)16-4/h5-7,10,12-13,17H,8-9H2,1-4H3,(H,16,18). The molecule has 3 heteroatoms. The number of amides is 1. The Bertz CT molecular complexity index is 390. The van der Waals surface area contributed by atoms with Crippen LogP contribution in [0.1, 0.15) is 31.4 Å². The summed E-state index contributed by atoms with van der Waals surface area (Å²) in [6.45, 7) is 6.12. The van der Waals surface area contributed by atoms with Crippen LogP contribution in [-0.4, -0.2) is 25.0 Å². The van der Waals surface area contributed by atoms with E-state index in [0.29, 0.717) is 6.04 Å². The third-order valence-electron chi connectivity index (χ3n) is 3.12. The molecule has 0 aliphatic rings. The van der Waals surface area contributed by atoms with E-state index in [0.717, 1.165) is 12.8 Å². The summed E-state index contributed by atoms with van der Waals surface area (Å²) < 4.78 is 0. The summed E-state index contributed by atoms with van der Waals surface area (Å²) >= 11 is 0. The Morgan fingerprint density at radius 2 is 2.06 bits per heavy atom. The molecule has 2 unspecified atom stereocenters. The number of hydrogen-bond donors (Lipinski definition) is 2. The van der Waals surface area contributed by atoms with E-state index in [1.807, 2.05) is 6.92 Å². The highest BCUT2D eigenvalue weighted by molar-refractivity contribution is 5.80. The first-order valence-electron chi connectivity index (χ1n) is 6.56. The second kappa shape index (κ2) is 7.17. The lowest BCUT2D eigenvalue weighted by atomic mass is 10.0. The van der Waals surface area contributed by atoms with Gasteiger partial charge in [0.05, 0.1) is 6.04 Å². The second-order valence-electron chi connectivity index (χ2n) is 4.93. The SMILES string of the molecule is CNC(=O)C(C)NC(C)CCc1cccc(C)c1. The number of hydrogen-bond acceptors (Lipinski definition) is 2. The Morgan fingerprint density at radius 1 is 1.33 bits per heavy atom. The lowest BCUT2D eigenvalue weighted by Gasteiger charge is -2.18. The minimum Gasteiger partial charge on any atom is -0.358 e. The highest BCUT2D eigenvalue weighted by Crippen LogP contribution is 2.08. The quantitative estimate of drug-likeness (QED) is 0.809. The third kappa shape index (κ3) is 4.88. The van der Waals surface area contributed by atoms with Gasteiger partial charge >= 0.3 is 0 Å². The minimum absolute atomic E-state index is 0.0393. The van der Waals surface area contributed by atoms with E-state index in [4.69, 9.17) is 0 Å². The van der Waals surface area contributed by atoms with Gasteiger partial charge in [0.25, 0.3) is 0 Å². The van der Waals surface area contributed by atoms with Crippen molar-refractivity contribution in [2.45, 2.75) is 45.7 Å². The van der Waals surface area contributed by atoms with Crippen LogP contribution in [0.4, 0.5) is 0 Å². The molecule has 0 radical (unpaired) electrons. The second-order valence-corrected chi connectivity index (χ2v) is 4.93. The van der Waals surface area contributed by atoms with Crippen LogP contribution in [0, 0.1) is 6.92 Å². The normalized spacial score (nSPS) is 14.0. The van der Waals surface area contributed by atoms with Gasteiger partial charge in [0, 0.05) is 13.1 Å². The van der Waals surface area contributed by atoms with Gasteiger partial charge in [-0.25, -0.2) is 0 Å². The van der Waals surface area contributed by atoms with Crippen LogP contribution in [0.3, 0.4) is 0 Å². The molecule has 3 nitrogen and oxygen atoms in total. The molecule has 0 heterocycles. The van der Waals surface area contributed by atoms with Gasteiger partial charge in [-0.2, -0.15) is 0 Å². The number of aryl methyl sites for hydroxylation is 2. The van der Waals surface area contributed by atoms with E-state index in [1.165, 1.54) is 11.1 Å². The predicted octanol–water partition coefficient (Wildman–Crippen LogP) is 2.04. The number of rotatable bonds is 6. The molecule has 0 fully saturated rings. The molecule has 2 atom stereocenters. The molecule has 0 aromatic heterocycles. The maximum atomic E-state index is 11.4. The molecule has 100 valence electrons. The Balaban J connectivity index is 2.37. The molecular formula is C15H24N2O. The summed E-state index contributed by atoms with van der Waals surface area (Å²) in [5, 5.41) is 5.95. The number of benzene rings is 1. The van der Waals surface area contributed by atoms with E-state index in [9.17, 15) is 4.79 Å². The summed E-state index contributed by atoms with van der Waals surface area (Å²) in [6, 6.07) is 8.77. The van der Waals surface area contributed by atoms with Crippen molar-refractivity contribution >= 4 is 5.91 Å². The van der Waals surface area contributed by atoms with E-state index in [1.54, 1.807) is 7.05 Å². The zero-order valence-electron chi connectivity index (χ0n) is 11.8. The first kappa shape index (κ1) is 14.7. The topological polar surface area (TPSA) is 41.1 Å². The first-order chi connectivity index (χ1) is 8.52. The Labute approximate surface area is 110 Å². The van der Waals surface area contributed by atoms with Gasteiger partial charge in [0.2, 0.25) is 5.91 Å². The smallest absolute Gasteiger partial charge is 0.236 e. The van der Waals surface area contributed by atoms with Crippen molar-refractivity contribution in [3.05, 3.63) is 35.4 Å². The van der Waals surface area contributed by atoms with Gasteiger partial charge in [-0.15, -0.1) is 0 Å². The molecule has 0 bridgehead atoms. The van der Waals surface area contributed by atoms with Crippen molar-refractivity contribution < 1.29 is 4.79 Å². The van der Waals surface area contributed by atoms with Crippen molar-refractivity contribution in [1.82, 2.24) is 10.6 Å². The summed E-state index contributed by atoms with van der Waals surface area (Å²) in [4.78, 5) is 11.4. The van der Waals surface area contributed by atoms with Crippen LogP contribution in [0.15, 0.2) is 24.3 Å². The molecule has 1 rings (SSSR count). The molecule has 1 amide bonds. The van der Waals surface area contributed by atoms with Crippen molar-refractivity contribution in [1.29, 1.82) is 0 Å². The predicted molar refractivity (Wildman–Crippen MR) is 75.6 cm³/mol. The fourth-order valence-corrected chi connectivity index (χ4v) is 2.05. The van der Waals surface area contributed by atoms with Gasteiger partial charge in [0.1, 0.15) is 0 Å². The average molecular weight is 248 g/mol. The molecular weight excluding hydrogens is 224 g/mol. The number of carbonyl (C=O) groups excluding carboxylic acids is 1. The lowest BCUT2D eigenvalue weighted by molar-refractivity contribution is -0.122. The van der Waals surface area contributed by atoms with E-state index >= 15 is 0 Å². The number of likely N-dealkylation sites (N-methyl/N-ethyl adjacent to an activating group) is 1. The fraction of sp³-hybridized carbons (Fsp3) is 0.533. The summed E-state index contributed by atoms with van der Waals surface area (Å²) in [6.07, 6.45) is 2.07. The maximum Gasteiger partial charge on any atom is 0.236 e. The van der Waals surface area contributed by atoms with Crippen LogP contribution in [0.2, 0.25) is 0 Å². The molecule has 0 aliphatic carbocycles. The molecule has 0 saturated heterocycles. The van der Waals surface area contributed by atoms with Crippen molar-refractivity contribution in [2.24, 2.45) is 0 Å². The highest BCUT2D eigenvalue weighted by atomic mass is 16.2. The van der Waals surface area contributed by atoms with Gasteiger partial charge < -0.3 is 10.6 Å². The summed E-state index contributed by atoms with van der Waals surface area (Å²) in [5.74, 6) is 0.0393. The van der Waals surface area contributed by atoms with E-state index in [-0.39, 0.29) is 11.9 Å². The lowest BCUT2D eigenvalue weighted by Crippen LogP contribution is -2.44. The summed E-state index contributed by atoms with van der Waals surface area (Å²) in [7, 11) is 1.66. The van der Waals surface area contributed by atoms with Gasteiger partial charge in [-0.1, -0.05) is 29.8 Å². The van der Waals surface area contributed by atoms with Crippen molar-refractivity contribution in [3.63, 3.8) is 0 Å². The zero-order valence-corrected chi connectivity index (χ0v) is 11.8. The molecule has 18 heavy (non-hydrogen) atoms. The largest absolute Gasteiger partial charge is 0.358 e. The summed E-state index contributed by atoms with van der Waals surface area (Å²) in [5.41, 5.74) is 2.66. The average Bonchev–Trinajstić information content (AvgIpc) is 2.35. The molecule has 0 saturated carbocycles. The van der Waals surface area contributed by atoms with Gasteiger partial charge in [0.15, 0.2) is 0 Å². The maximum absolute atomic E-state index is 11.4. The fourth-order valence-electron chi connectivity index (χ4n) is 2.05. The minimum atomic E-state index is -0.137. The molecule has 1 aromatic carbocycles. The number of nitrogens with one attached hydrogen (secondary N) is 2. The van der Waals surface area contributed by atoms with Crippen LogP contribution < -0.4 is 10.6 Å². The Kier molecular flexibility index (Phi) is 5.86. The van der Waals surface area contributed by atoms with Crippen LogP contribution in [-0.2, 0) is 11.2 Å². The first-order valence-corrected chi connectivity index (χ1v) is 6.56. The zero-order chi connectivity index (χ0) is 13.5. The van der Waals surface area contributed by atoms with Crippen LogP contribution >= 0.6 is 0 Å². The van der Waals surface area contributed by atoms with Crippen LogP contribution in [0.25, 0.3) is 0 Å². The van der Waals surface area contributed by atoms with Crippen molar-refractivity contribution in [3.8, 4) is 0 Å². The molecule has 0 spiro atoms. The third-order valence-corrected chi connectivity index (χ3v) is 3.12. The highest BCUT2D eigenvalue weighted by Gasteiger charge is 2.13. The van der Waals surface area contributed by atoms with E-state index in [2.05, 4.69) is 48.7 Å².